The van der Waals surface area contributed by atoms with Gasteiger partial charge in [-0.05, 0) is 26.2 Å². The van der Waals surface area contributed by atoms with Gasteiger partial charge in [-0.3, -0.25) is 10.1 Å². The molecule has 0 spiro atoms. The molecular formula is C19H20N6O2. The second-order valence-corrected chi connectivity index (χ2v) is 6.68. The number of aromatic nitrogens is 4. The molecule has 1 N–H and O–H groups in total. The summed E-state index contributed by atoms with van der Waals surface area (Å²) in [5, 5.41) is 11.1. The monoisotopic (exact) mass is 364 g/mol. The van der Waals surface area contributed by atoms with Crippen molar-refractivity contribution in [2.45, 2.75) is 32.2 Å². The molecule has 1 aliphatic heterocycles. The van der Waals surface area contributed by atoms with Crippen molar-refractivity contribution in [2.75, 3.05) is 11.4 Å². The third-order valence-corrected chi connectivity index (χ3v) is 4.79. The van der Waals surface area contributed by atoms with Crippen LogP contribution in [0.5, 0.6) is 0 Å². The van der Waals surface area contributed by atoms with Crippen molar-refractivity contribution in [3.63, 3.8) is 0 Å². The van der Waals surface area contributed by atoms with Crippen molar-refractivity contribution in [1.29, 1.82) is 0 Å². The van der Waals surface area contributed by atoms with E-state index in [1.165, 1.54) is 12.1 Å². The Hall–Kier alpha value is -3.29. The van der Waals surface area contributed by atoms with E-state index in [0.717, 1.165) is 43.1 Å². The van der Waals surface area contributed by atoms with Gasteiger partial charge in [-0.15, -0.1) is 0 Å². The second kappa shape index (κ2) is 7.14. The van der Waals surface area contributed by atoms with E-state index in [1.54, 1.807) is 18.3 Å². The van der Waals surface area contributed by atoms with Crippen LogP contribution in [0.25, 0.3) is 11.4 Å². The number of hydrogen-bond acceptors (Lipinski definition) is 6. The molecular weight excluding hydrogens is 344 g/mol. The quantitative estimate of drug-likeness (QED) is 0.558. The molecule has 1 atom stereocenters. The SMILES string of the molecule is Cc1cc(N2CCCCC2c2ncc[nH]2)nc(-c2cccc([N+](=O)[O-])c2)n1. The van der Waals surface area contributed by atoms with Crippen molar-refractivity contribution >= 4 is 11.5 Å². The Kier molecular flexibility index (Phi) is 4.53. The molecule has 1 aliphatic rings. The van der Waals surface area contributed by atoms with Gasteiger partial charge in [-0.1, -0.05) is 12.1 Å². The molecule has 0 aliphatic carbocycles. The number of nitro groups is 1. The van der Waals surface area contributed by atoms with Gasteiger partial charge in [0.15, 0.2) is 5.82 Å². The fraction of sp³-hybridized carbons (Fsp3) is 0.316. The summed E-state index contributed by atoms with van der Waals surface area (Å²) in [7, 11) is 0. The third-order valence-electron chi connectivity index (χ3n) is 4.79. The first kappa shape index (κ1) is 17.1. The maximum Gasteiger partial charge on any atom is 0.270 e. The maximum atomic E-state index is 11.1. The lowest BCUT2D eigenvalue weighted by Crippen LogP contribution is -2.34. The average Bonchev–Trinajstić information content (AvgIpc) is 3.22. The smallest absolute Gasteiger partial charge is 0.270 e. The van der Waals surface area contributed by atoms with Crippen molar-refractivity contribution in [2.24, 2.45) is 0 Å². The van der Waals surface area contributed by atoms with Crippen LogP contribution in [0.2, 0.25) is 0 Å². The lowest BCUT2D eigenvalue weighted by atomic mass is 10.0. The second-order valence-electron chi connectivity index (χ2n) is 6.68. The standard InChI is InChI=1S/C19H20N6O2/c1-13-11-17(24-10-3-2-7-16(24)19-20-8-9-21-19)23-18(22-13)14-5-4-6-15(12-14)25(26)27/h4-6,8-9,11-12,16H,2-3,7,10H2,1H3,(H,20,21). The minimum atomic E-state index is -0.405. The van der Waals surface area contributed by atoms with E-state index in [-0.39, 0.29) is 11.7 Å². The molecule has 8 heteroatoms. The fourth-order valence-corrected chi connectivity index (χ4v) is 3.54. The molecule has 2 aromatic heterocycles. The van der Waals surface area contributed by atoms with Crippen LogP contribution >= 0.6 is 0 Å². The highest BCUT2D eigenvalue weighted by molar-refractivity contribution is 5.61. The number of aryl methyl sites for hydroxylation is 1. The normalized spacial score (nSPS) is 17.1. The molecule has 0 amide bonds. The molecule has 1 aromatic carbocycles. The van der Waals surface area contributed by atoms with Crippen LogP contribution in [-0.4, -0.2) is 31.4 Å². The molecule has 1 saturated heterocycles. The number of nitrogens with zero attached hydrogens (tertiary/aromatic N) is 5. The summed E-state index contributed by atoms with van der Waals surface area (Å²) in [5.41, 5.74) is 1.50. The van der Waals surface area contributed by atoms with E-state index in [2.05, 4.69) is 19.9 Å². The zero-order valence-corrected chi connectivity index (χ0v) is 15.0. The number of piperidine rings is 1. The summed E-state index contributed by atoms with van der Waals surface area (Å²) in [6, 6.07) is 8.54. The van der Waals surface area contributed by atoms with E-state index >= 15 is 0 Å². The molecule has 1 fully saturated rings. The average molecular weight is 364 g/mol. The molecule has 3 aromatic rings. The van der Waals surface area contributed by atoms with Crippen molar-refractivity contribution in [1.82, 2.24) is 19.9 Å². The number of H-pyrrole nitrogens is 1. The van der Waals surface area contributed by atoms with Crippen molar-refractivity contribution < 1.29 is 4.92 Å². The largest absolute Gasteiger partial charge is 0.347 e. The van der Waals surface area contributed by atoms with Gasteiger partial charge < -0.3 is 9.88 Å². The van der Waals surface area contributed by atoms with E-state index in [4.69, 9.17) is 4.98 Å². The lowest BCUT2D eigenvalue weighted by molar-refractivity contribution is -0.384. The number of benzene rings is 1. The summed E-state index contributed by atoms with van der Waals surface area (Å²) in [6.45, 7) is 2.80. The van der Waals surface area contributed by atoms with Crippen LogP contribution in [0.3, 0.4) is 0 Å². The van der Waals surface area contributed by atoms with Gasteiger partial charge in [0.1, 0.15) is 11.6 Å². The number of anilines is 1. The molecule has 138 valence electrons. The number of imidazole rings is 1. The molecule has 0 saturated carbocycles. The van der Waals surface area contributed by atoms with Crippen LogP contribution in [0.1, 0.15) is 36.8 Å². The molecule has 1 unspecified atom stereocenters. The van der Waals surface area contributed by atoms with Crippen LogP contribution in [-0.2, 0) is 0 Å². The summed E-state index contributed by atoms with van der Waals surface area (Å²) < 4.78 is 0. The molecule has 27 heavy (non-hydrogen) atoms. The lowest BCUT2D eigenvalue weighted by Gasteiger charge is -2.35. The van der Waals surface area contributed by atoms with Gasteiger partial charge in [0.05, 0.1) is 11.0 Å². The molecule has 4 rings (SSSR count). The minimum absolute atomic E-state index is 0.0330. The summed E-state index contributed by atoms with van der Waals surface area (Å²) >= 11 is 0. The predicted octanol–water partition coefficient (Wildman–Crippen LogP) is 3.81. The van der Waals surface area contributed by atoms with E-state index in [0.29, 0.717) is 11.4 Å². The van der Waals surface area contributed by atoms with Gasteiger partial charge in [0, 0.05) is 48.4 Å². The Morgan fingerprint density at radius 1 is 1.26 bits per heavy atom. The number of rotatable bonds is 4. The Balaban J connectivity index is 1.74. The van der Waals surface area contributed by atoms with Gasteiger partial charge in [0.25, 0.3) is 5.69 Å². The molecule has 0 bridgehead atoms. The highest BCUT2D eigenvalue weighted by Crippen LogP contribution is 2.33. The highest BCUT2D eigenvalue weighted by atomic mass is 16.6. The number of non-ortho nitro benzene ring substituents is 1. The first-order valence-electron chi connectivity index (χ1n) is 8.98. The zero-order valence-electron chi connectivity index (χ0n) is 15.0. The first-order chi connectivity index (χ1) is 13.1. The zero-order chi connectivity index (χ0) is 18.8. The number of nitrogens with one attached hydrogen (secondary N) is 1. The number of nitro benzene ring substituents is 1. The van der Waals surface area contributed by atoms with Crippen LogP contribution in [0, 0.1) is 17.0 Å². The van der Waals surface area contributed by atoms with E-state index in [1.807, 2.05) is 19.2 Å². The highest BCUT2D eigenvalue weighted by Gasteiger charge is 2.27. The van der Waals surface area contributed by atoms with Gasteiger partial charge in [0.2, 0.25) is 0 Å². The van der Waals surface area contributed by atoms with Gasteiger partial charge in [-0.25, -0.2) is 15.0 Å². The Bertz CT molecular complexity index is 957. The predicted molar refractivity (Wildman–Crippen MR) is 101 cm³/mol. The first-order valence-corrected chi connectivity index (χ1v) is 8.98. The van der Waals surface area contributed by atoms with Crippen molar-refractivity contribution in [3.8, 4) is 11.4 Å². The fourth-order valence-electron chi connectivity index (χ4n) is 3.54. The topological polar surface area (TPSA) is 101 Å². The minimum Gasteiger partial charge on any atom is -0.347 e. The summed E-state index contributed by atoms with van der Waals surface area (Å²) in [6.07, 6.45) is 6.84. The summed E-state index contributed by atoms with van der Waals surface area (Å²) in [4.78, 5) is 29.8. The Labute approximate surface area is 156 Å². The van der Waals surface area contributed by atoms with Gasteiger partial charge in [-0.2, -0.15) is 0 Å². The Morgan fingerprint density at radius 2 is 2.15 bits per heavy atom. The maximum absolute atomic E-state index is 11.1. The molecule has 3 heterocycles. The summed E-state index contributed by atoms with van der Waals surface area (Å²) in [5.74, 6) is 2.26. The Morgan fingerprint density at radius 3 is 2.93 bits per heavy atom. The molecule has 8 nitrogen and oxygen atoms in total. The molecule has 0 radical (unpaired) electrons. The van der Waals surface area contributed by atoms with Crippen LogP contribution in [0.15, 0.2) is 42.7 Å². The van der Waals surface area contributed by atoms with E-state index in [9.17, 15) is 10.1 Å². The number of aromatic amines is 1. The van der Waals surface area contributed by atoms with Gasteiger partial charge >= 0.3 is 0 Å². The number of hydrogen-bond donors (Lipinski definition) is 1. The van der Waals surface area contributed by atoms with E-state index < -0.39 is 4.92 Å². The van der Waals surface area contributed by atoms with Crippen molar-refractivity contribution in [3.05, 3.63) is 64.4 Å². The van der Waals surface area contributed by atoms with Crippen LogP contribution in [0.4, 0.5) is 11.5 Å². The van der Waals surface area contributed by atoms with Crippen LogP contribution < -0.4 is 4.90 Å². The third kappa shape index (κ3) is 3.51.